The standard InChI is InChI=1S/C12H17N3O2/c1-15(9-5-3-4-6-9)11-8-13-10(7-14-11)12(16)17-2/h7-9H,3-6H2,1-2H3. The van der Waals surface area contributed by atoms with E-state index < -0.39 is 5.97 Å². The van der Waals surface area contributed by atoms with Crippen LogP contribution in [0.5, 0.6) is 0 Å². The topological polar surface area (TPSA) is 55.3 Å². The van der Waals surface area contributed by atoms with Gasteiger partial charge in [0, 0.05) is 13.1 Å². The molecular weight excluding hydrogens is 218 g/mol. The van der Waals surface area contributed by atoms with E-state index in [1.165, 1.54) is 39.0 Å². The van der Waals surface area contributed by atoms with Gasteiger partial charge in [0.15, 0.2) is 5.69 Å². The second-order valence-electron chi connectivity index (χ2n) is 4.30. The van der Waals surface area contributed by atoms with Crippen LogP contribution in [0.15, 0.2) is 12.4 Å². The number of methoxy groups -OCH3 is 1. The molecule has 0 atom stereocenters. The lowest BCUT2D eigenvalue weighted by molar-refractivity contribution is 0.0593. The highest BCUT2D eigenvalue weighted by atomic mass is 16.5. The van der Waals surface area contributed by atoms with Gasteiger partial charge in [0.2, 0.25) is 0 Å². The Labute approximate surface area is 101 Å². The number of hydrogen-bond acceptors (Lipinski definition) is 5. The van der Waals surface area contributed by atoms with Crippen LogP contribution in [-0.2, 0) is 4.74 Å². The van der Waals surface area contributed by atoms with Crippen LogP contribution in [0.3, 0.4) is 0 Å². The van der Waals surface area contributed by atoms with E-state index in [2.05, 4.69) is 19.6 Å². The summed E-state index contributed by atoms with van der Waals surface area (Å²) < 4.78 is 4.58. The number of anilines is 1. The molecule has 0 aliphatic heterocycles. The van der Waals surface area contributed by atoms with Crippen molar-refractivity contribution in [2.24, 2.45) is 0 Å². The highest BCUT2D eigenvalue weighted by molar-refractivity contribution is 5.86. The van der Waals surface area contributed by atoms with E-state index in [4.69, 9.17) is 0 Å². The van der Waals surface area contributed by atoms with Crippen molar-refractivity contribution in [3.63, 3.8) is 0 Å². The summed E-state index contributed by atoms with van der Waals surface area (Å²) in [5.74, 6) is 0.358. The monoisotopic (exact) mass is 235 g/mol. The molecule has 2 rings (SSSR count). The normalized spacial score (nSPS) is 15.9. The molecule has 0 unspecified atom stereocenters. The number of carbonyl (C=O) groups is 1. The Hall–Kier alpha value is -1.65. The third kappa shape index (κ3) is 2.54. The lowest BCUT2D eigenvalue weighted by Gasteiger charge is -2.24. The highest BCUT2D eigenvalue weighted by Crippen LogP contribution is 2.25. The van der Waals surface area contributed by atoms with Crippen molar-refractivity contribution in [1.29, 1.82) is 0 Å². The zero-order chi connectivity index (χ0) is 12.3. The summed E-state index contributed by atoms with van der Waals surface area (Å²) >= 11 is 0. The molecule has 0 bridgehead atoms. The van der Waals surface area contributed by atoms with Gasteiger partial charge in [-0.05, 0) is 12.8 Å². The van der Waals surface area contributed by atoms with Crippen LogP contribution < -0.4 is 4.90 Å². The van der Waals surface area contributed by atoms with E-state index in [9.17, 15) is 4.79 Å². The van der Waals surface area contributed by atoms with Crippen LogP contribution in [0.2, 0.25) is 0 Å². The lowest BCUT2D eigenvalue weighted by atomic mass is 10.2. The molecule has 1 aliphatic carbocycles. The molecule has 1 heterocycles. The molecule has 1 saturated carbocycles. The van der Waals surface area contributed by atoms with Crippen LogP contribution in [-0.4, -0.2) is 36.1 Å². The predicted molar refractivity (Wildman–Crippen MR) is 64.0 cm³/mol. The van der Waals surface area contributed by atoms with Gasteiger partial charge in [-0.1, -0.05) is 12.8 Å². The molecule has 92 valence electrons. The summed E-state index contributed by atoms with van der Waals surface area (Å²) in [5, 5.41) is 0. The maximum atomic E-state index is 11.2. The second kappa shape index (κ2) is 5.12. The maximum absolute atomic E-state index is 11.2. The van der Waals surface area contributed by atoms with Crippen molar-refractivity contribution in [3.8, 4) is 0 Å². The van der Waals surface area contributed by atoms with Gasteiger partial charge in [-0.2, -0.15) is 0 Å². The number of carbonyl (C=O) groups excluding carboxylic acids is 1. The van der Waals surface area contributed by atoms with Crippen molar-refractivity contribution in [3.05, 3.63) is 18.1 Å². The smallest absolute Gasteiger partial charge is 0.358 e. The molecule has 0 amide bonds. The van der Waals surface area contributed by atoms with Crippen molar-refractivity contribution in [1.82, 2.24) is 9.97 Å². The number of ether oxygens (including phenoxy) is 1. The summed E-state index contributed by atoms with van der Waals surface area (Å²) in [6.45, 7) is 0. The van der Waals surface area contributed by atoms with Gasteiger partial charge in [0.25, 0.3) is 0 Å². The number of rotatable bonds is 3. The summed E-state index contributed by atoms with van der Waals surface area (Å²) in [5.41, 5.74) is 0.246. The molecule has 0 spiro atoms. The highest BCUT2D eigenvalue weighted by Gasteiger charge is 2.21. The number of aromatic nitrogens is 2. The summed E-state index contributed by atoms with van der Waals surface area (Å²) in [7, 11) is 3.36. The molecule has 1 fully saturated rings. The minimum absolute atomic E-state index is 0.246. The fourth-order valence-corrected chi connectivity index (χ4v) is 2.19. The van der Waals surface area contributed by atoms with E-state index in [0.717, 1.165) is 5.82 Å². The molecule has 5 nitrogen and oxygen atoms in total. The van der Waals surface area contributed by atoms with Crippen LogP contribution in [0.25, 0.3) is 0 Å². The van der Waals surface area contributed by atoms with Gasteiger partial charge in [-0.15, -0.1) is 0 Å². The first-order valence-electron chi connectivity index (χ1n) is 5.85. The van der Waals surface area contributed by atoms with Gasteiger partial charge < -0.3 is 9.64 Å². The summed E-state index contributed by atoms with van der Waals surface area (Å²) in [4.78, 5) is 21.7. The molecule has 1 aromatic heterocycles. The van der Waals surface area contributed by atoms with E-state index in [1.54, 1.807) is 6.20 Å². The van der Waals surface area contributed by atoms with Gasteiger partial charge in [-0.25, -0.2) is 14.8 Å². The van der Waals surface area contributed by atoms with Gasteiger partial charge in [0.05, 0.1) is 19.5 Å². The first-order chi connectivity index (χ1) is 8.22. The molecule has 0 saturated heterocycles. The number of esters is 1. The molecule has 0 radical (unpaired) electrons. The van der Waals surface area contributed by atoms with Gasteiger partial charge in [-0.3, -0.25) is 0 Å². The largest absolute Gasteiger partial charge is 0.464 e. The fourth-order valence-electron chi connectivity index (χ4n) is 2.19. The minimum Gasteiger partial charge on any atom is -0.464 e. The van der Waals surface area contributed by atoms with Crippen molar-refractivity contribution in [2.75, 3.05) is 19.1 Å². The molecule has 5 heteroatoms. The molecule has 1 aliphatic rings. The average Bonchev–Trinajstić information content (AvgIpc) is 2.91. The Morgan fingerprint density at radius 3 is 2.59 bits per heavy atom. The Bertz CT molecular complexity index is 385. The van der Waals surface area contributed by atoms with Crippen molar-refractivity contribution >= 4 is 11.8 Å². The Balaban J connectivity index is 2.09. The summed E-state index contributed by atoms with van der Waals surface area (Å²) in [6, 6.07) is 0.549. The van der Waals surface area contributed by atoms with E-state index >= 15 is 0 Å². The third-order valence-corrected chi connectivity index (χ3v) is 3.27. The Kier molecular flexibility index (Phi) is 3.56. The van der Waals surface area contributed by atoms with Crippen LogP contribution in [0.1, 0.15) is 36.2 Å². The molecule has 0 N–H and O–H groups in total. The Morgan fingerprint density at radius 1 is 1.35 bits per heavy atom. The van der Waals surface area contributed by atoms with Gasteiger partial charge >= 0.3 is 5.97 Å². The van der Waals surface area contributed by atoms with E-state index in [0.29, 0.717) is 6.04 Å². The molecule has 1 aromatic rings. The van der Waals surface area contributed by atoms with E-state index in [-0.39, 0.29) is 5.69 Å². The number of hydrogen-bond donors (Lipinski definition) is 0. The first-order valence-corrected chi connectivity index (χ1v) is 5.85. The van der Waals surface area contributed by atoms with Crippen molar-refractivity contribution < 1.29 is 9.53 Å². The third-order valence-electron chi connectivity index (χ3n) is 3.27. The maximum Gasteiger partial charge on any atom is 0.358 e. The molecular formula is C12H17N3O2. The lowest BCUT2D eigenvalue weighted by Crippen LogP contribution is -2.29. The molecule has 17 heavy (non-hydrogen) atoms. The van der Waals surface area contributed by atoms with E-state index in [1.807, 2.05) is 7.05 Å². The predicted octanol–water partition coefficient (Wildman–Crippen LogP) is 1.64. The van der Waals surface area contributed by atoms with Crippen LogP contribution >= 0.6 is 0 Å². The van der Waals surface area contributed by atoms with Crippen molar-refractivity contribution in [2.45, 2.75) is 31.7 Å². The van der Waals surface area contributed by atoms with Crippen LogP contribution in [0, 0.1) is 0 Å². The Morgan fingerprint density at radius 2 is 2.06 bits per heavy atom. The number of nitrogens with zero attached hydrogens (tertiary/aromatic N) is 3. The quantitative estimate of drug-likeness (QED) is 0.745. The van der Waals surface area contributed by atoms with Crippen LogP contribution in [0.4, 0.5) is 5.82 Å². The second-order valence-corrected chi connectivity index (χ2v) is 4.30. The fraction of sp³-hybridized carbons (Fsp3) is 0.583. The first kappa shape index (κ1) is 11.8. The zero-order valence-corrected chi connectivity index (χ0v) is 10.2. The van der Waals surface area contributed by atoms with Gasteiger partial charge in [0.1, 0.15) is 5.82 Å². The molecule has 0 aromatic carbocycles. The SMILES string of the molecule is COC(=O)c1cnc(N(C)C2CCCC2)cn1. The minimum atomic E-state index is -0.451. The average molecular weight is 235 g/mol. The summed E-state index contributed by atoms with van der Waals surface area (Å²) in [6.07, 6.45) is 8.07. The zero-order valence-electron chi connectivity index (χ0n) is 10.2.